The summed E-state index contributed by atoms with van der Waals surface area (Å²) >= 11 is 1.68. The van der Waals surface area contributed by atoms with Crippen molar-refractivity contribution >= 4 is 34.3 Å². The van der Waals surface area contributed by atoms with Gasteiger partial charge in [0.1, 0.15) is 0 Å². The fourth-order valence-corrected chi connectivity index (χ4v) is 3.53. The van der Waals surface area contributed by atoms with E-state index in [4.69, 9.17) is 0 Å². The van der Waals surface area contributed by atoms with Crippen molar-refractivity contribution < 1.29 is 9.59 Å². The third-order valence-corrected chi connectivity index (χ3v) is 4.92. The summed E-state index contributed by atoms with van der Waals surface area (Å²) in [7, 11) is 0. The standard InChI is InChI=1S/C20H13NO2S/c22-18-12-17(20(23)16-5-2-1-4-15(16)18)21-14-9-7-13(8-10-14)19-6-3-11-24-19/h1-11H,12H2. The Kier molecular flexibility index (Phi) is 3.67. The minimum atomic E-state index is -0.160. The molecule has 24 heavy (non-hydrogen) atoms. The Hall–Kier alpha value is -2.85. The van der Waals surface area contributed by atoms with Gasteiger partial charge >= 0.3 is 0 Å². The number of benzene rings is 2. The SMILES string of the molecule is O=C1CC(=Nc2ccc(-c3cccs3)cc2)C(=O)c2ccccc21. The normalized spacial score (nSPS) is 15.6. The Morgan fingerprint density at radius 1 is 0.833 bits per heavy atom. The first-order valence-corrected chi connectivity index (χ1v) is 8.49. The number of hydrogen-bond acceptors (Lipinski definition) is 4. The summed E-state index contributed by atoms with van der Waals surface area (Å²) in [5.41, 5.74) is 3.05. The van der Waals surface area contributed by atoms with Crippen LogP contribution < -0.4 is 0 Å². The fourth-order valence-electron chi connectivity index (χ4n) is 2.80. The molecule has 1 aliphatic carbocycles. The van der Waals surface area contributed by atoms with Gasteiger partial charge in [-0.15, -0.1) is 11.3 Å². The molecule has 0 unspecified atom stereocenters. The fraction of sp³-hybridized carbons (Fsp3) is 0.0500. The Labute approximate surface area is 143 Å². The molecular formula is C20H13NO2S. The lowest BCUT2D eigenvalue weighted by molar-refractivity contribution is 0.0965. The summed E-state index contributed by atoms with van der Waals surface area (Å²) in [5, 5.41) is 2.03. The first-order chi connectivity index (χ1) is 11.7. The van der Waals surface area contributed by atoms with Crippen molar-refractivity contribution in [1.29, 1.82) is 0 Å². The summed E-state index contributed by atoms with van der Waals surface area (Å²) in [4.78, 5) is 30.4. The molecule has 0 spiro atoms. The predicted octanol–water partition coefficient (Wildman–Crippen LogP) is 4.96. The van der Waals surface area contributed by atoms with Gasteiger partial charge < -0.3 is 0 Å². The van der Waals surface area contributed by atoms with E-state index in [0.717, 1.165) is 5.56 Å². The van der Waals surface area contributed by atoms with E-state index in [1.807, 2.05) is 35.7 Å². The van der Waals surface area contributed by atoms with E-state index in [0.29, 0.717) is 22.5 Å². The van der Waals surface area contributed by atoms with Gasteiger partial charge in [0.05, 0.1) is 17.8 Å². The molecule has 0 radical (unpaired) electrons. The van der Waals surface area contributed by atoms with Crippen LogP contribution in [0.1, 0.15) is 27.1 Å². The summed E-state index contributed by atoms with van der Waals surface area (Å²) in [6, 6.07) is 18.7. The highest BCUT2D eigenvalue weighted by Gasteiger charge is 2.28. The molecule has 0 N–H and O–H groups in total. The van der Waals surface area contributed by atoms with Crippen molar-refractivity contribution in [3.05, 3.63) is 77.2 Å². The third kappa shape index (κ3) is 2.61. The molecule has 0 fully saturated rings. The zero-order valence-corrected chi connectivity index (χ0v) is 13.5. The van der Waals surface area contributed by atoms with E-state index < -0.39 is 0 Å². The number of rotatable bonds is 2. The third-order valence-electron chi connectivity index (χ3n) is 4.00. The van der Waals surface area contributed by atoms with Crippen LogP contribution in [0.2, 0.25) is 0 Å². The molecule has 0 saturated heterocycles. The molecule has 4 heteroatoms. The van der Waals surface area contributed by atoms with Crippen LogP contribution in [-0.4, -0.2) is 17.3 Å². The number of nitrogens with zero attached hydrogens (tertiary/aromatic N) is 1. The van der Waals surface area contributed by atoms with Crippen molar-refractivity contribution in [2.24, 2.45) is 4.99 Å². The van der Waals surface area contributed by atoms with Crippen molar-refractivity contribution in [1.82, 2.24) is 0 Å². The molecule has 1 aromatic heterocycles. The molecule has 0 amide bonds. The molecule has 116 valence electrons. The van der Waals surface area contributed by atoms with Gasteiger partial charge in [-0.1, -0.05) is 42.5 Å². The van der Waals surface area contributed by atoms with Crippen LogP contribution >= 0.6 is 11.3 Å². The summed E-state index contributed by atoms with van der Waals surface area (Å²) in [6.07, 6.45) is 0.0581. The second kappa shape index (κ2) is 5.98. The van der Waals surface area contributed by atoms with Gasteiger partial charge in [-0.25, -0.2) is 4.99 Å². The summed E-state index contributed by atoms with van der Waals surface area (Å²) in [6.45, 7) is 0. The van der Waals surface area contributed by atoms with Crippen molar-refractivity contribution in [3.63, 3.8) is 0 Å². The lowest BCUT2D eigenvalue weighted by Crippen LogP contribution is -2.26. The molecule has 0 atom stereocenters. The van der Waals surface area contributed by atoms with E-state index in [2.05, 4.69) is 11.1 Å². The number of aliphatic imine (C=N–C) groups is 1. The Morgan fingerprint density at radius 2 is 1.58 bits per heavy atom. The van der Waals surface area contributed by atoms with Crippen LogP contribution in [0.4, 0.5) is 5.69 Å². The largest absolute Gasteiger partial charge is 0.294 e. The topological polar surface area (TPSA) is 46.5 Å². The smallest absolute Gasteiger partial charge is 0.208 e. The minimum absolute atomic E-state index is 0.0563. The van der Waals surface area contributed by atoms with Crippen LogP contribution in [-0.2, 0) is 0 Å². The highest BCUT2D eigenvalue weighted by atomic mass is 32.1. The second-order valence-corrected chi connectivity index (χ2v) is 6.51. The van der Waals surface area contributed by atoms with Gasteiger partial charge in [0.25, 0.3) is 0 Å². The number of Topliss-reactive ketones (excluding diaryl/α,β-unsaturated/α-hetero) is 2. The molecule has 3 nitrogen and oxygen atoms in total. The van der Waals surface area contributed by atoms with E-state index in [1.54, 1.807) is 35.6 Å². The number of carbonyl (C=O) groups is 2. The summed E-state index contributed by atoms with van der Waals surface area (Å²) < 4.78 is 0. The van der Waals surface area contributed by atoms with Crippen molar-refractivity contribution in [2.45, 2.75) is 6.42 Å². The maximum atomic E-state index is 12.5. The van der Waals surface area contributed by atoms with Gasteiger partial charge in [0.15, 0.2) is 5.78 Å². The van der Waals surface area contributed by atoms with Gasteiger partial charge in [-0.3, -0.25) is 9.59 Å². The Balaban J connectivity index is 1.67. The number of thiophene rings is 1. The van der Waals surface area contributed by atoms with E-state index in [9.17, 15) is 9.59 Å². The van der Waals surface area contributed by atoms with Crippen LogP contribution in [0, 0.1) is 0 Å². The summed E-state index contributed by atoms with van der Waals surface area (Å²) in [5.74, 6) is -0.216. The minimum Gasteiger partial charge on any atom is -0.294 e. The number of carbonyl (C=O) groups excluding carboxylic acids is 2. The zero-order valence-electron chi connectivity index (χ0n) is 12.7. The molecule has 1 heterocycles. The Morgan fingerprint density at radius 3 is 2.29 bits per heavy atom. The van der Waals surface area contributed by atoms with Crippen LogP contribution in [0.3, 0.4) is 0 Å². The quantitative estimate of drug-likeness (QED) is 0.666. The monoisotopic (exact) mass is 331 g/mol. The highest BCUT2D eigenvalue weighted by molar-refractivity contribution is 7.13. The van der Waals surface area contributed by atoms with Crippen molar-refractivity contribution in [3.8, 4) is 10.4 Å². The maximum Gasteiger partial charge on any atom is 0.208 e. The molecule has 4 rings (SSSR count). The molecule has 3 aromatic rings. The van der Waals surface area contributed by atoms with E-state index >= 15 is 0 Å². The van der Waals surface area contributed by atoms with E-state index in [-0.39, 0.29) is 18.0 Å². The molecule has 2 aromatic carbocycles. The molecule has 0 bridgehead atoms. The second-order valence-electron chi connectivity index (χ2n) is 5.56. The molecule has 0 aliphatic heterocycles. The molecule has 0 saturated carbocycles. The average molecular weight is 331 g/mol. The van der Waals surface area contributed by atoms with Crippen LogP contribution in [0.25, 0.3) is 10.4 Å². The lowest BCUT2D eigenvalue weighted by Gasteiger charge is -2.15. The van der Waals surface area contributed by atoms with Crippen LogP contribution in [0.15, 0.2) is 71.0 Å². The molecular weight excluding hydrogens is 318 g/mol. The number of fused-ring (bicyclic) bond motifs is 1. The maximum absolute atomic E-state index is 12.5. The average Bonchev–Trinajstić information content (AvgIpc) is 3.15. The lowest BCUT2D eigenvalue weighted by atomic mass is 9.88. The van der Waals surface area contributed by atoms with Gasteiger partial charge in [-0.05, 0) is 29.1 Å². The van der Waals surface area contributed by atoms with Crippen LogP contribution in [0.5, 0.6) is 0 Å². The Bertz CT molecular complexity index is 954. The molecule has 1 aliphatic rings. The highest BCUT2D eigenvalue weighted by Crippen LogP contribution is 2.27. The van der Waals surface area contributed by atoms with Crippen molar-refractivity contribution in [2.75, 3.05) is 0 Å². The first-order valence-electron chi connectivity index (χ1n) is 7.61. The number of hydrogen-bond donors (Lipinski definition) is 0. The first kappa shape index (κ1) is 14.7. The van der Waals surface area contributed by atoms with Gasteiger partial charge in [0, 0.05) is 16.0 Å². The predicted molar refractivity (Wildman–Crippen MR) is 96.6 cm³/mol. The van der Waals surface area contributed by atoms with E-state index in [1.165, 1.54) is 4.88 Å². The number of ketones is 2. The van der Waals surface area contributed by atoms with Gasteiger partial charge in [-0.2, -0.15) is 0 Å². The zero-order chi connectivity index (χ0) is 16.5. The van der Waals surface area contributed by atoms with Gasteiger partial charge in [0.2, 0.25) is 5.78 Å².